The minimum Gasteiger partial charge on any atom is -0.454 e. The maximum Gasteiger partial charge on any atom is 0.403 e. The lowest BCUT2D eigenvalue weighted by Gasteiger charge is -2.21. The predicted molar refractivity (Wildman–Crippen MR) is 45.4 cm³/mol. The molecule has 0 aliphatic carbocycles. The molecule has 12 heavy (non-hydrogen) atoms. The molecule has 0 N–H and O–H groups in total. The molecule has 0 spiro atoms. The number of carbonyl (C=O) groups is 1. The molecule has 4 heteroatoms. The summed E-state index contributed by atoms with van der Waals surface area (Å²) in [6.45, 7) is 2.07. The van der Waals surface area contributed by atoms with Gasteiger partial charge in [0.15, 0.2) is 0 Å². The summed E-state index contributed by atoms with van der Waals surface area (Å²) in [5, 5.41) is 0. The van der Waals surface area contributed by atoms with Crippen LogP contribution in [0, 0.1) is 5.92 Å². The van der Waals surface area contributed by atoms with Crippen LogP contribution in [0.4, 0.5) is 4.79 Å². The van der Waals surface area contributed by atoms with Gasteiger partial charge in [0.2, 0.25) is 0 Å². The molecule has 70 valence electrons. The van der Waals surface area contributed by atoms with Crippen molar-refractivity contribution in [3.05, 3.63) is 0 Å². The summed E-state index contributed by atoms with van der Waals surface area (Å²) in [4.78, 5) is 10.2. The van der Waals surface area contributed by atoms with Crippen LogP contribution in [0.2, 0.25) is 0 Å². The second-order valence-corrected chi connectivity index (χ2v) is 3.27. The molecule has 1 unspecified atom stereocenters. The number of ether oxygens (including phenoxy) is 2. The summed E-state index contributed by atoms with van der Waals surface area (Å²) in [6, 6.07) is 0. The first kappa shape index (κ1) is 9.81. The van der Waals surface area contributed by atoms with Crippen LogP contribution >= 0.6 is 11.6 Å². The van der Waals surface area contributed by atoms with Crippen LogP contribution in [-0.2, 0) is 9.47 Å². The first-order valence-electron chi connectivity index (χ1n) is 4.19. The van der Waals surface area contributed by atoms with Crippen molar-refractivity contribution in [1.82, 2.24) is 0 Å². The summed E-state index contributed by atoms with van der Waals surface area (Å²) < 4.78 is 9.88. The van der Waals surface area contributed by atoms with Crippen molar-refractivity contribution in [2.24, 2.45) is 5.92 Å². The van der Waals surface area contributed by atoms with Gasteiger partial charge in [-0.3, -0.25) is 0 Å². The first-order chi connectivity index (χ1) is 5.79. The lowest BCUT2D eigenvalue weighted by atomic mass is 9.99. The van der Waals surface area contributed by atoms with Gasteiger partial charge in [0.25, 0.3) is 0 Å². The van der Waals surface area contributed by atoms with Gasteiger partial charge in [0.05, 0.1) is 6.61 Å². The second kappa shape index (κ2) is 5.38. The number of hydrogen-bond donors (Lipinski definition) is 0. The minimum absolute atomic E-state index is 0.413. The number of hydrogen-bond acceptors (Lipinski definition) is 3. The van der Waals surface area contributed by atoms with E-state index in [-0.39, 0.29) is 0 Å². The normalized spacial score (nSPS) is 23.6. The SMILES string of the molecule is O=C(Cl)OCCC1CCCOC1. The average molecular weight is 193 g/mol. The molecule has 0 aromatic carbocycles. The van der Waals surface area contributed by atoms with Crippen LogP contribution in [-0.4, -0.2) is 25.2 Å². The van der Waals surface area contributed by atoms with E-state index in [1.165, 1.54) is 6.42 Å². The Kier molecular flexibility index (Phi) is 4.40. The molecular formula is C8H13ClO3. The summed E-state index contributed by atoms with van der Waals surface area (Å²) in [7, 11) is 0. The molecule has 0 amide bonds. The lowest BCUT2D eigenvalue weighted by Crippen LogP contribution is -2.18. The van der Waals surface area contributed by atoms with E-state index in [1.807, 2.05) is 0 Å². The highest BCUT2D eigenvalue weighted by molar-refractivity contribution is 6.61. The van der Waals surface area contributed by atoms with Gasteiger partial charge < -0.3 is 9.47 Å². The summed E-state index contributed by atoms with van der Waals surface area (Å²) in [5.41, 5.74) is -0.716. The third kappa shape index (κ3) is 3.93. The molecule has 0 bridgehead atoms. The summed E-state index contributed by atoms with van der Waals surface area (Å²) in [5.74, 6) is 0.537. The van der Waals surface area contributed by atoms with Crippen LogP contribution in [0.3, 0.4) is 0 Å². The fourth-order valence-corrected chi connectivity index (χ4v) is 1.42. The molecule has 0 saturated carbocycles. The van der Waals surface area contributed by atoms with E-state index in [9.17, 15) is 4.79 Å². The Morgan fingerprint density at radius 2 is 2.50 bits per heavy atom. The van der Waals surface area contributed by atoms with Crippen molar-refractivity contribution in [3.63, 3.8) is 0 Å². The predicted octanol–water partition coefficient (Wildman–Crippen LogP) is 2.18. The highest BCUT2D eigenvalue weighted by Crippen LogP contribution is 2.16. The van der Waals surface area contributed by atoms with E-state index in [0.29, 0.717) is 12.5 Å². The van der Waals surface area contributed by atoms with Crippen molar-refractivity contribution >= 4 is 17.0 Å². The van der Waals surface area contributed by atoms with Gasteiger partial charge in [-0.25, -0.2) is 4.79 Å². The zero-order valence-electron chi connectivity index (χ0n) is 6.92. The van der Waals surface area contributed by atoms with Crippen LogP contribution in [0.1, 0.15) is 19.3 Å². The third-order valence-electron chi connectivity index (χ3n) is 2.00. The molecule has 1 rings (SSSR count). The first-order valence-corrected chi connectivity index (χ1v) is 4.57. The molecule has 1 fully saturated rings. The van der Waals surface area contributed by atoms with Crippen LogP contribution < -0.4 is 0 Å². The molecule has 0 aromatic rings. The van der Waals surface area contributed by atoms with E-state index >= 15 is 0 Å². The van der Waals surface area contributed by atoms with Gasteiger partial charge >= 0.3 is 5.43 Å². The van der Waals surface area contributed by atoms with Crippen molar-refractivity contribution in [1.29, 1.82) is 0 Å². The molecule has 3 nitrogen and oxygen atoms in total. The van der Waals surface area contributed by atoms with Crippen molar-refractivity contribution in [2.75, 3.05) is 19.8 Å². The number of rotatable bonds is 3. The zero-order valence-corrected chi connectivity index (χ0v) is 7.68. The summed E-state index contributed by atoms with van der Waals surface area (Å²) >= 11 is 5.00. The highest BCUT2D eigenvalue weighted by atomic mass is 35.5. The Balaban J connectivity index is 2.01. The molecule has 1 saturated heterocycles. The van der Waals surface area contributed by atoms with Crippen molar-refractivity contribution < 1.29 is 14.3 Å². The van der Waals surface area contributed by atoms with Crippen LogP contribution in [0.5, 0.6) is 0 Å². The van der Waals surface area contributed by atoms with Gasteiger partial charge in [-0.2, -0.15) is 0 Å². The zero-order chi connectivity index (χ0) is 8.81. The topological polar surface area (TPSA) is 35.5 Å². The minimum atomic E-state index is -0.716. The van der Waals surface area contributed by atoms with E-state index in [4.69, 9.17) is 16.3 Å². The molecule has 0 radical (unpaired) electrons. The standard InChI is InChI=1S/C8H13ClO3/c9-8(10)12-5-3-7-2-1-4-11-6-7/h7H,1-6H2. The Bertz CT molecular complexity index is 143. The molecule has 0 aromatic heterocycles. The van der Waals surface area contributed by atoms with Gasteiger partial charge in [0, 0.05) is 24.8 Å². The van der Waals surface area contributed by atoms with Crippen molar-refractivity contribution in [2.45, 2.75) is 19.3 Å². The van der Waals surface area contributed by atoms with Gasteiger partial charge in [-0.1, -0.05) is 0 Å². The quantitative estimate of drug-likeness (QED) is 0.643. The molecule has 1 aliphatic rings. The molecular weight excluding hydrogens is 180 g/mol. The Morgan fingerprint density at radius 1 is 1.67 bits per heavy atom. The Morgan fingerprint density at radius 3 is 3.08 bits per heavy atom. The highest BCUT2D eigenvalue weighted by Gasteiger charge is 2.13. The van der Waals surface area contributed by atoms with E-state index in [0.717, 1.165) is 26.1 Å². The van der Waals surface area contributed by atoms with Crippen LogP contribution in [0.25, 0.3) is 0 Å². The van der Waals surface area contributed by atoms with Gasteiger partial charge in [0.1, 0.15) is 0 Å². The van der Waals surface area contributed by atoms with Crippen LogP contribution in [0.15, 0.2) is 0 Å². The smallest absolute Gasteiger partial charge is 0.403 e. The third-order valence-corrected chi connectivity index (χ3v) is 2.11. The lowest BCUT2D eigenvalue weighted by molar-refractivity contribution is 0.0435. The largest absolute Gasteiger partial charge is 0.454 e. The number of carbonyl (C=O) groups excluding carboxylic acids is 1. The summed E-state index contributed by atoms with van der Waals surface area (Å²) in [6.07, 6.45) is 3.14. The second-order valence-electron chi connectivity index (χ2n) is 2.96. The van der Waals surface area contributed by atoms with E-state index in [1.54, 1.807) is 0 Å². The van der Waals surface area contributed by atoms with E-state index < -0.39 is 5.43 Å². The fraction of sp³-hybridized carbons (Fsp3) is 0.875. The molecule has 1 aliphatic heterocycles. The van der Waals surface area contributed by atoms with E-state index in [2.05, 4.69) is 4.74 Å². The van der Waals surface area contributed by atoms with Gasteiger partial charge in [-0.15, -0.1) is 0 Å². The fourth-order valence-electron chi connectivity index (χ4n) is 1.34. The molecule has 1 atom stereocenters. The Labute approximate surface area is 77.0 Å². The Hall–Kier alpha value is -0.280. The number of halogens is 1. The monoisotopic (exact) mass is 192 g/mol. The maximum absolute atomic E-state index is 10.2. The van der Waals surface area contributed by atoms with Gasteiger partial charge in [-0.05, 0) is 25.2 Å². The maximum atomic E-state index is 10.2. The van der Waals surface area contributed by atoms with Crippen molar-refractivity contribution in [3.8, 4) is 0 Å². The average Bonchev–Trinajstić information content (AvgIpc) is 2.05. The molecule has 1 heterocycles.